The van der Waals surface area contributed by atoms with Gasteiger partial charge in [-0.3, -0.25) is 0 Å². The van der Waals surface area contributed by atoms with Crippen LogP contribution in [0.25, 0.3) is 0 Å². The standard InChI is InChI=1S/C15H16N4S/c1-11-18-13(9-20-11)8-19-10-17-7-14(19)15(16)12-5-3-2-4-6-12/h2-7,9-10,15H,8,16H2,1H3. The Hall–Kier alpha value is -1.98. The van der Waals surface area contributed by atoms with Crippen LogP contribution < -0.4 is 5.73 Å². The molecule has 0 fully saturated rings. The summed E-state index contributed by atoms with van der Waals surface area (Å²) in [5.74, 6) is 0. The SMILES string of the molecule is Cc1nc(Cn2cncc2C(N)c2ccccc2)cs1. The smallest absolute Gasteiger partial charge is 0.0952 e. The number of hydrogen-bond acceptors (Lipinski definition) is 4. The second kappa shape index (κ2) is 5.56. The van der Waals surface area contributed by atoms with E-state index in [-0.39, 0.29) is 6.04 Å². The van der Waals surface area contributed by atoms with Crippen molar-refractivity contribution in [2.24, 2.45) is 5.73 Å². The summed E-state index contributed by atoms with van der Waals surface area (Å²) in [5, 5.41) is 3.15. The van der Waals surface area contributed by atoms with Crippen molar-refractivity contribution in [3.8, 4) is 0 Å². The highest BCUT2D eigenvalue weighted by atomic mass is 32.1. The number of hydrogen-bond donors (Lipinski definition) is 1. The molecule has 5 heteroatoms. The lowest BCUT2D eigenvalue weighted by atomic mass is 10.1. The van der Waals surface area contributed by atoms with Gasteiger partial charge in [0.05, 0.1) is 41.5 Å². The monoisotopic (exact) mass is 284 g/mol. The van der Waals surface area contributed by atoms with Gasteiger partial charge in [0.2, 0.25) is 0 Å². The van der Waals surface area contributed by atoms with E-state index < -0.39 is 0 Å². The zero-order chi connectivity index (χ0) is 13.9. The van der Waals surface area contributed by atoms with Crippen LogP contribution in [0.5, 0.6) is 0 Å². The number of nitrogens with two attached hydrogens (primary N) is 1. The van der Waals surface area contributed by atoms with E-state index in [9.17, 15) is 0 Å². The minimum absolute atomic E-state index is 0.168. The van der Waals surface area contributed by atoms with Gasteiger partial charge in [0, 0.05) is 5.38 Å². The average Bonchev–Trinajstić information content (AvgIpc) is 3.09. The minimum Gasteiger partial charge on any atom is -0.327 e. The number of nitrogens with zero attached hydrogens (tertiary/aromatic N) is 3. The number of benzene rings is 1. The number of aryl methyl sites for hydroxylation is 1. The summed E-state index contributed by atoms with van der Waals surface area (Å²) in [5.41, 5.74) is 9.48. The largest absolute Gasteiger partial charge is 0.327 e. The minimum atomic E-state index is -0.168. The molecule has 0 amide bonds. The summed E-state index contributed by atoms with van der Waals surface area (Å²) >= 11 is 1.66. The molecule has 0 aliphatic rings. The first-order valence-electron chi connectivity index (χ1n) is 6.45. The molecule has 0 bridgehead atoms. The molecule has 2 N–H and O–H groups in total. The Balaban J connectivity index is 1.86. The van der Waals surface area contributed by atoms with E-state index in [2.05, 4.69) is 19.9 Å². The van der Waals surface area contributed by atoms with E-state index in [1.165, 1.54) is 0 Å². The second-order valence-corrected chi connectivity index (χ2v) is 5.75. The molecule has 3 rings (SSSR count). The fraction of sp³-hybridized carbons (Fsp3) is 0.200. The molecule has 0 saturated heterocycles. The van der Waals surface area contributed by atoms with Gasteiger partial charge in [-0.25, -0.2) is 9.97 Å². The van der Waals surface area contributed by atoms with Crippen LogP contribution in [-0.4, -0.2) is 14.5 Å². The van der Waals surface area contributed by atoms with Gasteiger partial charge in [0.15, 0.2) is 0 Å². The lowest BCUT2D eigenvalue weighted by molar-refractivity contribution is 0.686. The van der Waals surface area contributed by atoms with Crippen LogP contribution in [0.3, 0.4) is 0 Å². The average molecular weight is 284 g/mol. The predicted molar refractivity (Wildman–Crippen MR) is 80.7 cm³/mol. The summed E-state index contributed by atoms with van der Waals surface area (Å²) in [7, 11) is 0. The Morgan fingerprint density at radius 1 is 1.30 bits per heavy atom. The third kappa shape index (κ3) is 2.64. The number of rotatable bonds is 4. The van der Waals surface area contributed by atoms with Crippen LogP contribution in [-0.2, 0) is 6.54 Å². The van der Waals surface area contributed by atoms with E-state index in [1.54, 1.807) is 11.3 Å². The van der Waals surface area contributed by atoms with Gasteiger partial charge in [-0.2, -0.15) is 0 Å². The van der Waals surface area contributed by atoms with Crippen LogP contribution in [0.15, 0.2) is 48.2 Å². The summed E-state index contributed by atoms with van der Waals surface area (Å²) in [4.78, 5) is 8.72. The lowest BCUT2D eigenvalue weighted by Crippen LogP contribution is -2.17. The van der Waals surface area contributed by atoms with Crippen molar-refractivity contribution in [1.29, 1.82) is 0 Å². The van der Waals surface area contributed by atoms with Crippen LogP contribution in [0, 0.1) is 6.92 Å². The fourth-order valence-corrected chi connectivity index (χ4v) is 2.81. The molecule has 3 aromatic rings. The van der Waals surface area contributed by atoms with Gasteiger partial charge < -0.3 is 10.3 Å². The highest BCUT2D eigenvalue weighted by Crippen LogP contribution is 2.20. The molecule has 2 heterocycles. The van der Waals surface area contributed by atoms with Crippen molar-refractivity contribution in [1.82, 2.24) is 14.5 Å². The van der Waals surface area contributed by atoms with E-state index in [4.69, 9.17) is 5.73 Å². The molecule has 102 valence electrons. The van der Waals surface area contributed by atoms with Gasteiger partial charge in [0.25, 0.3) is 0 Å². The van der Waals surface area contributed by atoms with Gasteiger partial charge in [0.1, 0.15) is 0 Å². The lowest BCUT2D eigenvalue weighted by Gasteiger charge is -2.14. The zero-order valence-corrected chi connectivity index (χ0v) is 12.0. The number of imidazole rings is 1. The first kappa shape index (κ1) is 13.0. The van der Waals surface area contributed by atoms with Crippen molar-refractivity contribution < 1.29 is 0 Å². The van der Waals surface area contributed by atoms with Gasteiger partial charge in [-0.1, -0.05) is 30.3 Å². The van der Waals surface area contributed by atoms with Crippen molar-refractivity contribution in [3.05, 3.63) is 70.2 Å². The molecule has 0 spiro atoms. The second-order valence-electron chi connectivity index (χ2n) is 4.69. The van der Waals surface area contributed by atoms with Gasteiger partial charge in [-0.05, 0) is 12.5 Å². The van der Waals surface area contributed by atoms with Crippen molar-refractivity contribution in [3.63, 3.8) is 0 Å². The van der Waals surface area contributed by atoms with E-state index >= 15 is 0 Å². The first-order chi connectivity index (χ1) is 9.74. The maximum atomic E-state index is 6.34. The first-order valence-corrected chi connectivity index (χ1v) is 7.33. The summed E-state index contributed by atoms with van der Waals surface area (Å²) in [6.45, 7) is 2.72. The van der Waals surface area contributed by atoms with Crippen LogP contribution in [0.1, 0.15) is 28.0 Å². The van der Waals surface area contributed by atoms with E-state index in [0.717, 1.165) is 22.0 Å². The number of aromatic nitrogens is 3. The molecular weight excluding hydrogens is 268 g/mol. The summed E-state index contributed by atoms with van der Waals surface area (Å²) in [6, 6.07) is 9.90. The Labute approximate surface area is 121 Å². The molecule has 0 saturated carbocycles. The highest BCUT2D eigenvalue weighted by Gasteiger charge is 2.14. The quantitative estimate of drug-likeness (QED) is 0.801. The van der Waals surface area contributed by atoms with E-state index in [0.29, 0.717) is 6.54 Å². The highest BCUT2D eigenvalue weighted by molar-refractivity contribution is 7.09. The molecule has 0 radical (unpaired) electrons. The normalized spacial score (nSPS) is 12.5. The van der Waals surface area contributed by atoms with Crippen molar-refractivity contribution in [2.45, 2.75) is 19.5 Å². The topological polar surface area (TPSA) is 56.7 Å². The Bertz CT molecular complexity index is 687. The third-order valence-electron chi connectivity index (χ3n) is 3.22. The number of thiazole rings is 1. The molecule has 0 aliphatic carbocycles. The zero-order valence-electron chi connectivity index (χ0n) is 11.2. The maximum absolute atomic E-state index is 6.34. The third-order valence-corrected chi connectivity index (χ3v) is 4.04. The molecule has 4 nitrogen and oxygen atoms in total. The molecular formula is C15H16N4S. The van der Waals surface area contributed by atoms with Gasteiger partial charge in [-0.15, -0.1) is 11.3 Å². The van der Waals surface area contributed by atoms with Crippen LogP contribution >= 0.6 is 11.3 Å². The molecule has 1 atom stereocenters. The molecule has 1 unspecified atom stereocenters. The van der Waals surface area contributed by atoms with Crippen LogP contribution in [0.4, 0.5) is 0 Å². The summed E-state index contributed by atoms with van der Waals surface area (Å²) < 4.78 is 2.06. The Kier molecular flexibility index (Phi) is 3.62. The molecule has 2 aromatic heterocycles. The molecule has 1 aromatic carbocycles. The predicted octanol–water partition coefficient (Wildman–Crippen LogP) is 2.74. The van der Waals surface area contributed by atoms with Gasteiger partial charge >= 0.3 is 0 Å². The van der Waals surface area contributed by atoms with Crippen molar-refractivity contribution in [2.75, 3.05) is 0 Å². The van der Waals surface area contributed by atoms with E-state index in [1.807, 2.05) is 49.8 Å². The molecule has 20 heavy (non-hydrogen) atoms. The fourth-order valence-electron chi connectivity index (χ4n) is 2.21. The maximum Gasteiger partial charge on any atom is 0.0952 e. The van der Waals surface area contributed by atoms with Crippen molar-refractivity contribution >= 4 is 11.3 Å². The van der Waals surface area contributed by atoms with Crippen LogP contribution in [0.2, 0.25) is 0 Å². The molecule has 0 aliphatic heterocycles. The summed E-state index contributed by atoms with van der Waals surface area (Å²) in [6.07, 6.45) is 3.64. The Morgan fingerprint density at radius 3 is 2.80 bits per heavy atom. The Morgan fingerprint density at radius 2 is 2.10 bits per heavy atom.